The topological polar surface area (TPSA) is 38.9 Å². The van der Waals surface area contributed by atoms with Crippen molar-refractivity contribution in [1.82, 2.24) is 4.98 Å². The van der Waals surface area contributed by atoms with Crippen LogP contribution >= 0.6 is 0 Å². The normalized spacial score (nSPS) is 13.1. The van der Waals surface area contributed by atoms with Crippen LogP contribution in [0.3, 0.4) is 0 Å². The van der Waals surface area contributed by atoms with Crippen LogP contribution in [0.4, 0.5) is 4.39 Å². The molecule has 0 aromatic carbocycles. The van der Waals surface area contributed by atoms with Gasteiger partial charge in [-0.25, -0.2) is 4.98 Å². The molecule has 0 bridgehead atoms. The van der Waals surface area contributed by atoms with Crippen LogP contribution in [-0.4, -0.2) is 4.98 Å². The molecule has 0 fully saturated rings. The van der Waals surface area contributed by atoms with Crippen molar-refractivity contribution < 1.29 is 4.39 Å². The predicted octanol–water partition coefficient (Wildman–Crippen LogP) is 1.24. The molecule has 0 radical (unpaired) electrons. The molecule has 0 amide bonds. The van der Waals surface area contributed by atoms with Gasteiger partial charge < -0.3 is 5.73 Å². The van der Waals surface area contributed by atoms with Crippen molar-refractivity contribution in [2.45, 2.75) is 13.0 Å². The van der Waals surface area contributed by atoms with Crippen LogP contribution in [0.1, 0.15) is 18.5 Å². The molecule has 1 atom stereocenters. The van der Waals surface area contributed by atoms with Gasteiger partial charge in [0.1, 0.15) is 0 Å². The van der Waals surface area contributed by atoms with E-state index in [2.05, 4.69) is 4.98 Å². The van der Waals surface area contributed by atoms with Crippen LogP contribution in [-0.2, 0) is 0 Å². The summed E-state index contributed by atoms with van der Waals surface area (Å²) < 4.78 is 12.6. The third-order valence-corrected chi connectivity index (χ3v) is 1.28. The Morgan fingerprint density at radius 1 is 1.70 bits per heavy atom. The molecule has 1 aromatic heterocycles. The second-order valence-corrected chi connectivity index (χ2v) is 2.17. The highest BCUT2D eigenvalue weighted by Gasteiger charge is 2.04. The van der Waals surface area contributed by atoms with Crippen LogP contribution in [0, 0.1) is 5.95 Å². The van der Waals surface area contributed by atoms with E-state index < -0.39 is 5.95 Å². The molecule has 54 valence electrons. The summed E-state index contributed by atoms with van der Waals surface area (Å²) in [5.41, 5.74) is 5.90. The number of hydrogen-bond donors (Lipinski definition) is 1. The lowest BCUT2D eigenvalue weighted by Gasteiger charge is -2.03. The molecule has 2 nitrogen and oxygen atoms in total. The molecule has 1 unspecified atom stereocenters. The van der Waals surface area contributed by atoms with Gasteiger partial charge in [-0.1, -0.05) is 6.07 Å². The first-order valence-electron chi connectivity index (χ1n) is 3.08. The molecule has 2 N–H and O–H groups in total. The zero-order valence-electron chi connectivity index (χ0n) is 5.71. The first-order chi connectivity index (χ1) is 4.72. The highest BCUT2D eigenvalue weighted by atomic mass is 19.1. The Balaban J connectivity index is 3.03. The van der Waals surface area contributed by atoms with Crippen molar-refractivity contribution >= 4 is 0 Å². The smallest absolute Gasteiger partial charge is 0.217 e. The summed E-state index contributed by atoms with van der Waals surface area (Å²) in [4.78, 5) is 3.45. The van der Waals surface area contributed by atoms with Crippen LogP contribution in [0.5, 0.6) is 0 Å². The third-order valence-electron chi connectivity index (χ3n) is 1.28. The number of aromatic nitrogens is 1. The average Bonchev–Trinajstić information content (AvgIpc) is 1.88. The number of halogens is 1. The summed E-state index contributed by atoms with van der Waals surface area (Å²) in [6, 6.07) is 3.02. The van der Waals surface area contributed by atoms with E-state index >= 15 is 0 Å². The highest BCUT2D eigenvalue weighted by Crippen LogP contribution is 2.10. The van der Waals surface area contributed by atoms with E-state index in [-0.39, 0.29) is 6.04 Å². The minimum atomic E-state index is -0.475. The first-order valence-corrected chi connectivity index (χ1v) is 3.08. The van der Waals surface area contributed by atoms with E-state index in [1.807, 2.05) is 0 Å². The first kappa shape index (κ1) is 7.15. The molecular formula is C7H9FN2. The summed E-state index contributed by atoms with van der Waals surface area (Å²) in [5, 5.41) is 0. The molecule has 1 aromatic rings. The van der Waals surface area contributed by atoms with Crippen LogP contribution < -0.4 is 5.73 Å². The molecule has 0 saturated carbocycles. The lowest BCUT2D eigenvalue weighted by atomic mass is 10.1. The standard InChI is InChI=1S/C7H9FN2/c1-5(9)6-3-2-4-10-7(6)8/h2-5H,9H2,1H3. The zero-order chi connectivity index (χ0) is 7.56. The largest absolute Gasteiger partial charge is 0.324 e. The van der Waals surface area contributed by atoms with E-state index in [1.165, 1.54) is 6.20 Å². The van der Waals surface area contributed by atoms with Gasteiger partial charge in [0.15, 0.2) is 0 Å². The van der Waals surface area contributed by atoms with Gasteiger partial charge in [0.25, 0.3) is 0 Å². The summed E-state index contributed by atoms with van der Waals surface area (Å²) in [6.45, 7) is 1.72. The SMILES string of the molecule is CC(N)c1cccnc1F. The monoisotopic (exact) mass is 140 g/mol. The minimum absolute atomic E-state index is 0.284. The molecule has 0 saturated heterocycles. The lowest BCUT2D eigenvalue weighted by Crippen LogP contribution is -2.07. The van der Waals surface area contributed by atoms with Gasteiger partial charge in [-0.05, 0) is 13.0 Å². The fraction of sp³-hybridized carbons (Fsp3) is 0.286. The summed E-state index contributed by atoms with van der Waals surface area (Å²) in [5.74, 6) is -0.475. The van der Waals surface area contributed by atoms with Gasteiger partial charge in [0.05, 0.1) is 0 Å². The van der Waals surface area contributed by atoms with E-state index in [1.54, 1.807) is 19.1 Å². The van der Waals surface area contributed by atoms with Gasteiger partial charge >= 0.3 is 0 Å². The van der Waals surface area contributed by atoms with Crippen LogP contribution in [0.25, 0.3) is 0 Å². The number of nitrogens with zero attached hydrogens (tertiary/aromatic N) is 1. The fourth-order valence-electron chi connectivity index (χ4n) is 0.738. The Hall–Kier alpha value is -0.960. The van der Waals surface area contributed by atoms with Crippen LogP contribution in [0.15, 0.2) is 18.3 Å². The van der Waals surface area contributed by atoms with Gasteiger partial charge in [-0.15, -0.1) is 0 Å². The Bertz CT molecular complexity index is 223. The Morgan fingerprint density at radius 3 is 2.80 bits per heavy atom. The van der Waals surface area contributed by atoms with Gasteiger partial charge in [0, 0.05) is 17.8 Å². The maximum absolute atomic E-state index is 12.6. The van der Waals surface area contributed by atoms with Gasteiger partial charge in [-0.3, -0.25) is 0 Å². The number of pyridine rings is 1. The quantitative estimate of drug-likeness (QED) is 0.596. The molecular weight excluding hydrogens is 131 g/mol. The molecule has 0 spiro atoms. The summed E-state index contributed by atoms with van der Waals surface area (Å²) >= 11 is 0. The zero-order valence-corrected chi connectivity index (χ0v) is 5.71. The van der Waals surface area contributed by atoms with Gasteiger partial charge in [0.2, 0.25) is 5.95 Å². The van der Waals surface area contributed by atoms with Gasteiger partial charge in [-0.2, -0.15) is 4.39 Å². The van der Waals surface area contributed by atoms with Crippen molar-refractivity contribution in [3.63, 3.8) is 0 Å². The van der Waals surface area contributed by atoms with Crippen molar-refractivity contribution in [2.75, 3.05) is 0 Å². The number of rotatable bonds is 1. The summed E-state index contributed by atoms with van der Waals surface area (Å²) in [6.07, 6.45) is 1.40. The Kier molecular flexibility index (Phi) is 1.97. The minimum Gasteiger partial charge on any atom is -0.324 e. The van der Waals surface area contributed by atoms with Crippen LogP contribution in [0.2, 0.25) is 0 Å². The van der Waals surface area contributed by atoms with E-state index in [4.69, 9.17) is 5.73 Å². The summed E-state index contributed by atoms with van der Waals surface area (Å²) in [7, 11) is 0. The molecule has 0 aliphatic heterocycles. The van der Waals surface area contributed by atoms with E-state index in [0.717, 1.165) is 0 Å². The molecule has 0 aliphatic rings. The lowest BCUT2D eigenvalue weighted by molar-refractivity contribution is 0.553. The fourth-order valence-corrected chi connectivity index (χ4v) is 0.738. The highest BCUT2D eigenvalue weighted by molar-refractivity contribution is 5.13. The van der Waals surface area contributed by atoms with Crippen molar-refractivity contribution in [1.29, 1.82) is 0 Å². The third kappa shape index (κ3) is 1.30. The van der Waals surface area contributed by atoms with Crippen molar-refractivity contribution in [2.24, 2.45) is 5.73 Å². The van der Waals surface area contributed by atoms with Crippen molar-refractivity contribution in [3.05, 3.63) is 29.8 Å². The maximum Gasteiger partial charge on any atom is 0.217 e. The van der Waals surface area contributed by atoms with E-state index in [9.17, 15) is 4.39 Å². The second-order valence-electron chi connectivity index (χ2n) is 2.17. The molecule has 0 aliphatic carbocycles. The molecule has 1 rings (SSSR count). The average molecular weight is 140 g/mol. The molecule has 10 heavy (non-hydrogen) atoms. The molecule has 3 heteroatoms. The Morgan fingerprint density at radius 2 is 2.40 bits per heavy atom. The van der Waals surface area contributed by atoms with Crippen molar-refractivity contribution in [3.8, 4) is 0 Å². The molecule has 1 heterocycles. The maximum atomic E-state index is 12.6. The number of hydrogen-bond acceptors (Lipinski definition) is 2. The van der Waals surface area contributed by atoms with E-state index in [0.29, 0.717) is 5.56 Å². The Labute approximate surface area is 58.9 Å². The second kappa shape index (κ2) is 2.75. The predicted molar refractivity (Wildman–Crippen MR) is 36.8 cm³/mol. The number of nitrogens with two attached hydrogens (primary N) is 1.